The van der Waals surface area contributed by atoms with Crippen LogP contribution in [0, 0.1) is 0 Å². The van der Waals surface area contributed by atoms with E-state index < -0.39 is 5.60 Å². The van der Waals surface area contributed by atoms with E-state index in [4.69, 9.17) is 9.47 Å². The van der Waals surface area contributed by atoms with Crippen LogP contribution in [0.2, 0.25) is 0 Å². The van der Waals surface area contributed by atoms with Crippen LogP contribution in [0.15, 0.2) is 24.3 Å². The van der Waals surface area contributed by atoms with Crippen LogP contribution in [0.1, 0.15) is 39.7 Å². The molecule has 0 aromatic heterocycles. The lowest BCUT2D eigenvalue weighted by Crippen LogP contribution is -2.60. The van der Waals surface area contributed by atoms with Gasteiger partial charge in [0.1, 0.15) is 11.4 Å². The highest BCUT2D eigenvalue weighted by Crippen LogP contribution is 2.16. The van der Waals surface area contributed by atoms with E-state index in [2.05, 4.69) is 24.4 Å². The molecule has 1 aliphatic rings. The molecule has 0 radical (unpaired) electrons. The summed E-state index contributed by atoms with van der Waals surface area (Å²) in [5, 5.41) is 3.46. The number of likely N-dealkylation sites (tertiary alicyclic amines) is 1. The van der Waals surface area contributed by atoms with Crippen LogP contribution in [0.3, 0.4) is 0 Å². The molecule has 0 bridgehead atoms. The van der Waals surface area contributed by atoms with Crippen LogP contribution in [0.25, 0.3) is 0 Å². The zero-order valence-corrected chi connectivity index (χ0v) is 14.6. The van der Waals surface area contributed by atoms with Crippen molar-refractivity contribution in [3.63, 3.8) is 0 Å². The van der Waals surface area contributed by atoms with Gasteiger partial charge in [-0.05, 0) is 44.9 Å². The van der Waals surface area contributed by atoms with E-state index in [1.807, 2.05) is 32.9 Å². The first-order valence-corrected chi connectivity index (χ1v) is 8.30. The van der Waals surface area contributed by atoms with Gasteiger partial charge in [-0.3, -0.25) is 0 Å². The number of nitrogens with zero attached hydrogens (tertiary/aromatic N) is 1. The molecule has 1 aromatic carbocycles. The highest BCUT2D eigenvalue weighted by Gasteiger charge is 2.33. The second kappa shape index (κ2) is 7.68. The Balaban J connectivity index is 1.67. The highest BCUT2D eigenvalue weighted by atomic mass is 16.6. The highest BCUT2D eigenvalue weighted by molar-refractivity contribution is 5.69. The van der Waals surface area contributed by atoms with Crippen LogP contribution >= 0.6 is 0 Å². The van der Waals surface area contributed by atoms with Gasteiger partial charge >= 0.3 is 6.09 Å². The molecule has 5 heteroatoms. The number of hydrogen-bond acceptors (Lipinski definition) is 4. The monoisotopic (exact) mass is 320 g/mol. The second-order valence-corrected chi connectivity index (χ2v) is 6.96. The number of rotatable bonds is 6. The van der Waals surface area contributed by atoms with E-state index in [0.29, 0.717) is 19.1 Å². The number of nitrogens with one attached hydrogen (secondary N) is 1. The molecule has 0 atom stereocenters. The fourth-order valence-corrected chi connectivity index (χ4v) is 2.27. The molecule has 1 amide bonds. The normalized spacial score (nSPS) is 15.2. The third kappa shape index (κ3) is 5.75. The van der Waals surface area contributed by atoms with Crippen molar-refractivity contribution < 1.29 is 14.3 Å². The molecule has 0 spiro atoms. The smallest absolute Gasteiger partial charge is 0.410 e. The lowest BCUT2D eigenvalue weighted by molar-refractivity contribution is 0.00518. The summed E-state index contributed by atoms with van der Waals surface area (Å²) in [7, 11) is 0. The SMILES string of the molecule is CCCOc1ccc(CNC2CN(C(=O)OC(C)(C)C)C2)cc1. The van der Waals surface area contributed by atoms with Crippen LogP contribution in [0.5, 0.6) is 5.75 Å². The predicted octanol–water partition coefficient (Wildman–Crippen LogP) is 3.18. The van der Waals surface area contributed by atoms with Crippen molar-refractivity contribution in [2.75, 3.05) is 19.7 Å². The standard InChI is InChI=1S/C18H28N2O3/c1-5-10-22-16-8-6-14(7-9-16)11-19-15-12-20(13-15)17(21)23-18(2,3)4/h6-9,15,19H,5,10-13H2,1-4H3. The molecule has 128 valence electrons. The summed E-state index contributed by atoms with van der Waals surface area (Å²) in [4.78, 5) is 13.6. The maximum absolute atomic E-state index is 11.8. The van der Waals surface area contributed by atoms with Crippen molar-refractivity contribution >= 4 is 6.09 Å². The lowest BCUT2D eigenvalue weighted by atomic mass is 10.1. The number of hydrogen-bond donors (Lipinski definition) is 1. The molecule has 0 unspecified atom stereocenters. The maximum Gasteiger partial charge on any atom is 0.410 e. The fourth-order valence-electron chi connectivity index (χ4n) is 2.27. The summed E-state index contributed by atoms with van der Waals surface area (Å²) in [6, 6.07) is 8.48. The minimum Gasteiger partial charge on any atom is -0.494 e. The van der Waals surface area contributed by atoms with E-state index in [-0.39, 0.29) is 6.09 Å². The Hall–Kier alpha value is -1.75. The van der Waals surface area contributed by atoms with Crippen LogP contribution < -0.4 is 10.1 Å². The number of ether oxygens (including phenoxy) is 2. The molecule has 1 saturated heterocycles. The number of benzene rings is 1. The summed E-state index contributed by atoms with van der Waals surface area (Å²) in [5.74, 6) is 0.912. The molecule has 2 rings (SSSR count). The summed E-state index contributed by atoms with van der Waals surface area (Å²) in [5.41, 5.74) is 0.779. The topological polar surface area (TPSA) is 50.8 Å². The summed E-state index contributed by atoms with van der Waals surface area (Å²) in [6.07, 6.45) is 0.784. The summed E-state index contributed by atoms with van der Waals surface area (Å²) >= 11 is 0. The zero-order valence-electron chi connectivity index (χ0n) is 14.6. The lowest BCUT2D eigenvalue weighted by Gasteiger charge is -2.40. The van der Waals surface area contributed by atoms with Gasteiger partial charge in [-0.1, -0.05) is 19.1 Å². The molecular weight excluding hydrogens is 292 g/mol. The van der Waals surface area contributed by atoms with Crippen molar-refractivity contribution in [1.29, 1.82) is 0 Å². The van der Waals surface area contributed by atoms with Gasteiger partial charge in [-0.25, -0.2) is 4.79 Å². The van der Waals surface area contributed by atoms with E-state index >= 15 is 0 Å². The molecule has 5 nitrogen and oxygen atoms in total. The first kappa shape index (κ1) is 17.6. The zero-order chi connectivity index (χ0) is 16.9. The first-order chi connectivity index (χ1) is 10.9. The van der Waals surface area contributed by atoms with Gasteiger partial charge in [0.15, 0.2) is 0 Å². The van der Waals surface area contributed by atoms with E-state index in [1.54, 1.807) is 4.90 Å². The molecular formula is C18H28N2O3. The molecule has 1 N–H and O–H groups in total. The number of carbonyl (C=O) groups excluding carboxylic acids is 1. The van der Waals surface area contributed by atoms with E-state index in [1.165, 1.54) is 5.56 Å². The third-order valence-electron chi connectivity index (χ3n) is 3.52. The van der Waals surface area contributed by atoms with Gasteiger partial charge in [0.05, 0.1) is 6.61 Å². The number of carbonyl (C=O) groups is 1. The quantitative estimate of drug-likeness (QED) is 0.874. The van der Waals surface area contributed by atoms with Crippen molar-refractivity contribution in [3.8, 4) is 5.75 Å². The molecule has 1 fully saturated rings. The maximum atomic E-state index is 11.8. The van der Waals surface area contributed by atoms with Gasteiger partial charge in [0, 0.05) is 25.7 Å². The molecule has 0 aliphatic carbocycles. The Labute approximate surface area is 139 Å². The number of amides is 1. The van der Waals surface area contributed by atoms with Gasteiger partial charge in [0.2, 0.25) is 0 Å². The predicted molar refractivity (Wildman–Crippen MR) is 90.7 cm³/mol. The van der Waals surface area contributed by atoms with Gasteiger partial charge < -0.3 is 19.7 Å². The molecule has 0 saturated carbocycles. The molecule has 1 heterocycles. The Morgan fingerprint density at radius 2 is 1.91 bits per heavy atom. The van der Waals surface area contributed by atoms with Gasteiger partial charge in [0.25, 0.3) is 0 Å². The van der Waals surface area contributed by atoms with Crippen LogP contribution in [-0.4, -0.2) is 42.3 Å². The third-order valence-corrected chi connectivity index (χ3v) is 3.52. The molecule has 1 aromatic rings. The average Bonchev–Trinajstić information content (AvgIpc) is 2.42. The van der Waals surface area contributed by atoms with Gasteiger partial charge in [-0.15, -0.1) is 0 Å². The Kier molecular flexibility index (Phi) is 5.88. The average molecular weight is 320 g/mol. The van der Waals surface area contributed by atoms with Crippen LogP contribution in [-0.2, 0) is 11.3 Å². The van der Waals surface area contributed by atoms with Crippen molar-refractivity contribution in [2.45, 2.75) is 52.3 Å². The van der Waals surface area contributed by atoms with Crippen molar-refractivity contribution in [3.05, 3.63) is 29.8 Å². The molecule has 1 aliphatic heterocycles. The Morgan fingerprint density at radius 1 is 1.26 bits per heavy atom. The fraction of sp³-hybridized carbons (Fsp3) is 0.611. The minimum absolute atomic E-state index is 0.229. The summed E-state index contributed by atoms with van der Waals surface area (Å²) in [6.45, 7) is 10.7. The minimum atomic E-state index is -0.433. The van der Waals surface area contributed by atoms with E-state index in [0.717, 1.165) is 25.3 Å². The first-order valence-electron chi connectivity index (χ1n) is 8.30. The van der Waals surface area contributed by atoms with Crippen LogP contribution in [0.4, 0.5) is 4.79 Å². The van der Waals surface area contributed by atoms with Crippen molar-refractivity contribution in [2.24, 2.45) is 0 Å². The Morgan fingerprint density at radius 3 is 2.48 bits per heavy atom. The largest absolute Gasteiger partial charge is 0.494 e. The van der Waals surface area contributed by atoms with Crippen molar-refractivity contribution in [1.82, 2.24) is 10.2 Å². The summed E-state index contributed by atoms with van der Waals surface area (Å²) < 4.78 is 10.9. The molecule has 23 heavy (non-hydrogen) atoms. The second-order valence-electron chi connectivity index (χ2n) is 6.96. The van der Waals surface area contributed by atoms with Gasteiger partial charge in [-0.2, -0.15) is 0 Å². The Bertz CT molecular complexity index is 502. The van der Waals surface area contributed by atoms with E-state index in [9.17, 15) is 4.79 Å².